The number of carbonyl (C=O) groups is 1. The highest BCUT2D eigenvalue weighted by atomic mass is 31.2. The molecule has 0 aliphatic rings. The topological polar surface area (TPSA) is 215 Å². The van der Waals surface area contributed by atoms with Crippen LogP contribution in [0.4, 0.5) is 11.4 Å². The van der Waals surface area contributed by atoms with E-state index < -0.39 is 53.0 Å². The summed E-state index contributed by atoms with van der Waals surface area (Å²) in [5.41, 5.74) is 0.897. The zero-order valence-electron chi connectivity index (χ0n) is 35.1. The molecule has 0 radical (unpaired) electrons. The highest BCUT2D eigenvalue weighted by Gasteiger charge is 2.39. The number of aromatic amines is 1. The third-order valence-corrected chi connectivity index (χ3v) is 12.2. The van der Waals surface area contributed by atoms with Crippen molar-refractivity contribution < 1.29 is 37.7 Å². The summed E-state index contributed by atoms with van der Waals surface area (Å²) in [5.74, 6) is -0.0500. The van der Waals surface area contributed by atoms with Gasteiger partial charge in [0.05, 0.1) is 36.8 Å². The number of methoxy groups -OCH3 is 1. The summed E-state index contributed by atoms with van der Waals surface area (Å²) < 4.78 is 40.4. The Hall–Kier alpha value is -7.04. The van der Waals surface area contributed by atoms with Gasteiger partial charge in [-0.1, -0.05) is 97.1 Å². The number of benzene rings is 5. The van der Waals surface area contributed by atoms with Gasteiger partial charge in [-0.3, -0.25) is 43.9 Å². The van der Waals surface area contributed by atoms with Crippen LogP contribution < -0.4 is 16.0 Å². The minimum Gasteiger partial charge on any atom is -0.497 e. The minimum absolute atomic E-state index is 0.103. The first-order chi connectivity index (χ1) is 30.8. The van der Waals surface area contributed by atoms with Gasteiger partial charge in [-0.15, -0.1) is 0 Å². The number of rotatable bonds is 22. The number of aryl methyl sites for hydroxylation is 1. The zero-order chi connectivity index (χ0) is 45.7. The number of non-ortho nitro benzene ring substituents is 2. The molecule has 6 rings (SSSR count). The van der Waals surface area contributed by atoms with Crippen LogP contribution in [0.15, 0.2) is 149 Å². The highest BCUT2D eigenvalue weighted by molar-refractivity contribution is 7.53. The Morgan fingerprint density at radius 2 is 1.20 bits per heavy atom. The number of aromatic nitrogens is 2. The lowest BCUT2D eigenvalue weighted by molar-refractivity contribution is -0.385. The molecular formula is C46H46N5O12P. The van der Waals surface area contributed by atoms with Gasteiger partial charge in [0, 0.05) is 42.6 Å². The van der Waals surface area contributed by atoms with Crippen molar-refractivity contribution in [3.63, 3.8) is 0 Å². The van der Waals surface area contributed by atoms with Gasteiger partial charge < -0.3 is 23.4 Å². The maximum Gasteiger partial charge on any atom is 0.349 e. The maximum absolute atomic E-state index is 14.9. The molecule has 64 heavy (non-hydrogen) atoms. The molecule has 1 amide bonds. The Kier molecular flexibility index (Phi) is 15.5. The lowest BCUT2D eigenvalue weighted by Gasteiger charge is -2.37. The molecule has 17 nitrogen and oxygen atoms in total. The molecule has 1 aromatic heterocycles. The second-order valence-electron chi connectivity index (χ2n) is 14.6. The van der Waals surface area contributed by atoms with E-state index in [4.69, 9.17) is 18.5 Å². The summed E-state index contributed by atoms with van der Waals surface area (Å²) in [4.78, 5) is 64.3. The molecule has 0 aliphatic carbocycles. The van der Waals surface area contributed by atoms with E-state index in [1.807, 2.05) is 84.9 Å². The monoisotopic (exact) mass is 891 g/mol. The molecular weight excluding hydrogens is 846 g/mol. The van der Waals surface area contributed by atoms with Gasteiger partial charge in [-0.2, -0.15) is 0 Å². The molecule has 0 bridgehead atoms. The number of hydrogen-bond donors (Lipinski definition) is 1. The van der Waals surface area contributed by atoms with Crippen molar-refractivity contribution in [1.29, 1.82) is 0 Å². The number of hydrogen-bond acceptors (Lipinski definition) is 12. The first-order valence-electron chi connectivity index (χ1n) is 20.1. The number of nitro groups is 2. The molecule has 18 heteroatoms. The number of carbonyl (C=O) groups excluding carboxylic acids is 1. The summed E-state index contributed by atoms with van der Waals surface area (Å²) in [6.45, 7) is 0.256. The fourth-order valence-corrected chi connectivity index (χ4v) is 8.68. The molecule has 0 unspecified atom stereocenters. The smallest absolute Gasteiger partial charge is 0.349 e. The van der Waals surface area contributed by atoms with Crippen molar-refractivity contribution in [3.05, 3.63) is 214 Å². The van der Waals surface area contributed by atoms with Gasteiger partial charge in [0.1, 0.15) is 24.2 Å². The summed E-state index contributed by atoms with van der Waals surface area (Å²) in [5, 5.41) is 22.4. The SMILES string of the molecule is COc1ccc(C(OCCN(CP(=O)(OCCc2ccc([N+](=O)[O-])cc2)OCCc2ccc([N+](=O)[O-])cc2)C(=O)Cn2cc(C)c(=O)[nH]c2=O)(c2ccccc2)c2ccccc2)cc1. The van der Waals surface area contributed by atoms with Crippen LogP contribution in [0.3, 0.4) is 0 Å². The van der Waals surface area contributed by atoms with Gasteiger partial charge in [0.25, 0.3) is 16.9 Å². The average Bonchev–Trinajstić information content (AvgIpc) is 3.30. The molecule has 0 fully saturated rings. The molecule has 0 saturated carbocycles. The molecule has 0 atom stereocenters. The lowest BCUT2D eigenvalue weighted by atomic mass is 9.80. The number of nitrogens with zero attached hydrogens (tertiary/aromatic N) is 4. The number of amides is 1. The second-order valence-corrected chi connectivity index (χ2v) is 16.6. The van der Waals surface area contributed by atoms with Crippen LogP contribution >= 0.6 is 7.60 Å². The molecule has 5 aromatic carbocycles. The fraction of sp³-hybridized carbons (Fsp3) is 0.239. The predicted molar refractivity (Wildman–Crippen MR) is 237 cm³/mol. The Morgan fingerprint density at radius 1 is 0.719 bits per heavy atom. The van der Waals surface area contributed by atoms with Crippen LogP contribution in [-0.2, 0) is 48.1 Å². The van der Waals surface area contributed by atoms with Gasteiger partial charge >= 0.3 is 13.3 Å². The van der Waals surface area contributed by atoms with E-state index in [2.05, 4.69) is 4.98 Å². The normalized spacial score (nSPS) is 11.5. The zero-order valence-corrected chi connectivity index (χ0v) is 36.0. The van der Waals surface area contributed by atoms with E-state index in [1.54, 1.807) is 31.4 Å². The van der Waals surface area contributed by atoms with Crippen molar-refractivity contribution in [2.75, 3.05) is 39.8 Å². The Bertz CT molecular complexity index is 2590. The molecule has 0 saturated heterocycles. The highest BCUT2D eigenvalue weighted by Crippen LogP contribution is 2.49. The average molecular weight is 892 g/mol. The van der Waals surface area contributed by atoms with E-state index in [0.717, 1.165) is 21.3 Å². The number of nitrogens with one attached hydrogen (secondary N) is 1. The van der Waals surface area contributed by atoms with Crippen LogP contribution in [0, 0.1) is 27.2 Å². The number of ether oxygens (including phenoxy) is 2. The first-order valence-corrected chi connectivity index (χ1v) is 21.9. The molecule has 0 spiro atoms. The van der Waals surface area contributed by atoms with Crippen molar-refractivity contribution in [2.24, 2.45) is 0 Å². The molecule has 0 aliphatic heterocycles. The van der Waals surface area contributed by atoms with E-state index >= 15 is 0 Å². The Morgan fingerprint density at radius 3 is 1.67 bits per heavy atom. The van der Waals surface area contributed by atoms with Crippen LogP contribution in [0.1, 0.15) is 33.4 Å². The predicted octanol–water partition coefficient (Wildman–Crippen LogP) is 7.18. The largest absolute Gasteiger partial charge is 0.497 e. The Labute approximate surface area is 367 Å². The summed E-state index contributed by atoms with van der Waals surface area (Å²) in [6.07, 6.45) is 1.01. The lowest BCUT2D eigenvalue weighted by Crippen LogP contribution is -2.42. The van der Waals surface area contributed by atoms with Gasteiger partial charge in [-0.05, 0) is 59.7 Å². The Balaban J connectivity index is 1.33. The van der Waals surface area contributed by atoms with Gasteiger partial charge in [0.2, 0.25) is 5.91 Å². The quantitative estimate of drug-likeness (QED) is 0.0311. The van der Waals surface area contributed by atoms with Crippen molar-refractivity contribution in [3.8, 4) is 5.75 Å². The molecule has 332 valence electrons. The fourth-order valence-electron chi connectivity index (χ4n) is 6.99. The van der Waals surface area contributed by atoms with Crippen molar-refractivity contribution >= 4 is 24.9 Å². The molecule has 1 N–H and O–H groups in total. The number of H-pyrrole nitrogens is 1. The van der Waals surface area contributed by atoms with Crippen molar-refractivity contribution in [1.82, 2.24) is 14.5 Å². The van der Waals surface area contributed by atoms with E-state index in [-0.39, 0.29) is 56.1 Å². The summed E-state index contributed by atoms with van der Waals surface area (Å²) >= 11 is 0. The van der Waals surface area contributed by atoms with E-state index in [0.29, 0.717) is 16.9 Å². The third kappa shape index (κ3) is 11.7. The molecule has 1 heterocycles. The van der Waals surface area contributed by atoms with Gasteiger partial charge in [-0.25, -0.2) is 4.79 Å². The van der Waals surface area contributed by atoms with Crippen LogP contribution in [0.25, 0.3) is 0 Å². The van der Waals surface area contributed by atoms with Crippen LogP contribution in [0.2, 0.25) is 0 Å². The number of nitro benzene ring substituents is 2. The van der Waals surface area contributed by atoms with Crippen LogP contribution in [-0.4, -0.2) is 70.0 Å². The van der Waals surface area contributed by atoms with E-state index in [9.17, 15) is 39.2 Å². The minimum atomic E-state index is -4.28. The molecule has 6 aromatic rings. The first kappa shape index (κ1) is 46.5. The standard InChI is InChI=1S/C46H46N5O12P/c1-34-31-49(45(54)47-44(34)53)32-43(52)48(27-30-61-46(37-9-5-3-6-10-37,38-11-7-4-8-12-38)39-17-23-42(60-2)24-18-39)33-64(59,62-28-25-35-13-19-40(20-14-35)50(55)56)63-29-26-36-15-21-41(22-16-36)51(57)58/h3-24,31H,25-30,32-33H2,1-2H3,(H,47,53,54). The van der Waals surface area contributed by atoms with Crippen molar-refractivity contribution in [2.45, 2.75) is 31.9 Å². The summed E-state index contributed by atoms with van der Waals surface area (Å²) in [7, 11) is -2.71. The maximum atomic E-state index is 14.9. The third-order valence-electron chi connectivity index (χ3n) is 10.4. The second kappa shape index (κ2) is 21.4. The van der Waals surface area contributed by atoms with Gasteiger partial charge in [0.15, 0.2) is 0 Å². The van der Waals surface area contributed by atoms with Crippen LogP contribution in [0.5, 0.6) is 5.75 Å². The van der Waals surface area contributed by atoms with E-state index in [1.165, 1.54) is 42.3 Å². The summed E-state index contributed by atoms with van der Waals surface area (Å²) in [6, 6.07) is 38.0.